The molecule has 1 saturated heterocycles. The summed E-state index contributed by atoms with van der Waals surface area (Å²) >= 11 is 2.14. The lowest BCUT2D eigenvalue weighted by molar-refractivity contribution is -0.150. The Morgan fingerprint density at radius 1 is 1.07 bits per heavy atom. The van der Waals surface area contributed by atoms with Crippen LogP contribution in [-0.2, 0) is 31.5 Å². The quantitative estimate of drug-likeness (QED) is 0.0472. The number of aromatic nitrogens is 5. The number of benzene rings is 2. The number of carboxylic acid groups (broad SMARTS) is 1. The number of carboxylic acids is 1. The van der Waals surface area contributed by atoms with E-state index >= 15 is 0 Å². The van der Waals surface area contributed by atoms with Gasteiger partial charge in [0, 0.05) is 24.2 Å². The van der Waals surface area contributed by atoms with Crippen molar-refractivity contribution in [1.29, 1.82) is 0 Å². The minimum Gasteiger partial charge on any atom is -0.508 e. The van der Waals surface area contributed by atoms with E-state index in [9.17, 15) is 52.2 Å². The number of sulfonamides is 1. The van der Waals surface area contributed by atoms with Gasteiger partial charge in [0.05, 0.1) is 11.1 Å². The number of nitrogens with one attached hydrogen (secondary N) is 6. The number of phenols is 1. The van der Waals surface area contributed by atoms with Crippen LogP contribution < -0.4 is 43.1 Å². The number of amides is 4. The number of nitrogens with two attached hydrogens (primary N) is 1. The highest BCUT2D eigenvalue weighted by Crippen LogP contribution is 2.41. The molecule has 3 atom stereocenters. The third-order valence-corrected chi connectivity index (χ3v) is 11.6. The number of primary sulfonamides is 1. The monoisotopic (exact) mass is 827 g/mol. The number of aromatic hydroxyl groups is 1. The van der Waals surface area contributed by atoms with Crippen LogP contribution in [0.15, 0.2) is 90.4 Å². The molecule has 0 radical (unpaired) electrons. The molecule has 0 aliphatic carbocycles. The van der Waals surface area contributed by atoms with Gasteiger partial charge in [-0.15, -0.1) is 16.9 Å². The lowest BCUT2D eigenvalue weighted by Crippen LogP contribution is -2.71. The Labute approximate surface area is 322 Å². The van der Waals surface area contributed by atoms with E-state index in [1.54, 1.807) is 0 Å². The van der Waals surface area contributed by atoms with Gasteiger partial charge in [-0.3, -0.25) is 38.4 Å². The summed E-state index contributed by atoms with van der Waals surface area (Å²) in [6.45, 7) is 0. The van der Waals surface area contributed by atoms with Gasteiger partial charge in [-0.2, -0.15) is 0 Å². The van der Waals surface area contributed by atoms with Crippen molar-refractivity contribution in [3.63, 3.8) is 0 Å². The molecular formula is C31H29N11O11S3. The summed E-state index contributed by atoms with van der Waals surface area (Å²) in [7, 11) is -2.59. The number of carbonyl (C=O) groups excluding carboxylic acids is 3. The fraction of sp³-hybridized carbons (Fsp3) is 0.194. The lowest BCUT2D eigenvalue weighted by atomic mass is 10.0. The number of hydrogen-bond acceptors (Lipinski definition) is 15. The zero-order valence-electron chi connectivity index (χ0n) is 28.5. The molecule has 10 N–H and O–H groups in total. The molecule has 0 saturated carbocycles. The SMILES string of the molecule is Cn1c(SCC2=C(C(=O)O)N3C(=O)C(NC(=O)C(NC(=O)Nc4cnc(Nc5ccc(S(N)(=O)=O)cc5)[nH]c4=O)c4ccc(O)cc4)[C@@H]3SC2)n[nH]c(=O)c1=O. The van der Waals surface area contributed by atoms with E-state index in [1.807, 2.05) is 0 Å². The molecule has 6 rings (SSSR count). The van der Waals surface area contributed by atoms with E-state index in [2.05, 4.69) is 41.4 Å². The highest BCUT2D eigenvalue weighted by molar-refractivity contribution is 8.01. The predicted molar refractivity (Wildman–Crippen MR) is 199 cm³/mol. The van der Waals surface area contributed by atoms with Crippen LogP contribution in [0.25, 0.3) is 0 Å². The van der Waals surface area contributed by atoms with Crippen molar-refractivity contribution >= 4 is 74.7 Å². The van der Waals surface area contributed by atoms with Gasteiger partial charge in [0.2, 0.25) is 21.9 Å². The summed E-state index contributed by atoms with van der Waals surface area (Å²) in [6, 6.07) is 6.73. The van der Waals surface area contributed by atoms with Crippen LogP contribution in [0.4, 0.5) is 22.1 Å². The van der Waals surface area contributed by atoms with Gasteiger partial charge in [-0.25, -0.2) is 33.2 Å². The highest BCUT2D eigenvalue weighted by Gasteiger charge is 2.54. The Morgan fingerprint density at radius 3 is 2.41 bits per heavy atom. The molecule has 0 spiro atoms. The maximum absolute atomic E-state index is 13.7. The average molecular weight is 828 g/mol. The van der Waals surface area contributed by atoms with Gasteiger partial charge in [0.15, 0.2) is 5.16 Å². The Morgan fingerprint density at radius 2 is 1.77 bits per heavy atom. The summed E-state index contributed by atoms with van der Waals surface area (Å²) < 4.78 is 24.0. The Hall–Kier alpha value is -6.44. The molecule has 4 amide bonds. The molecule has 22 nitrogen and oxygen atoms in total. The molecule has 2 aromatic carbocycles. The van der Waals surface area contributed by atoms with Crippen LogP contribution in [0.1, 0.15) is 11.6 Å². The Kier molecular flexibility index (Phi) is 11.0. The first-order valence-electron chi connectivity index (χ1n) is 15.9. The minimum absolute atomic E-state index is 0.00527. The summed E-state index contributed by atoms with van der Waals surface area (Å²) in [6.07, 6.45) is 1.02. The van der Waals surface area contributed by atoms with Crippen molar-refractivity contribution in [2.75, 3.05) is 22.1 Å². The molecule has 0 bridgehead atoms. The topological polar surface area (TPSA) is 334 Å². The van der Waals surface area contributed by atoms with E-state index in [0.717, 1.165) is 27.4 Å². The number of nitrogens with zero attached hydrogens (tertiary/aromatic N) is 4. The second kappa shape index (κ2) is 15.7. The molecule has 292 valence electrons. The van der Waals surface area contributed by atoms with Gasteiger partial charge in [-0.05, 0) is 47.5 Å². The van der Waals surface area contributed by atoms with Gasteiger partial charge < -0.3 is 31.5 Å². The van der Waals surface area contributed by atoms with Crippen molar-refractivity contribution in [2.45, 2.75) is 27.5 Å². The smallest absolute Gasteiger partial charge is 0.352 e. The van der Waals surface area contributed by atoms with E-state index in [-0.39, 0.29) is 50.2 Å². The molecule has 4 aromatic rings. The van der Waals surface area contributed by atoms with Crippen molar-refractivity contribution in [3.05, 3.63) is 103 Å². The molecule has 2 aliphatic rings. The number of aromatic amines is 2. The second-order valence-electron chi connectivity index (χ2n) is 11.9. The summed E-state index contributed by atoms with van der Waals surface area (Å²) in [4.78, 5) is 96.2. The summed E-state index contributed by atoms with van der Waals surface area (Å²) in [5.74, 6) is -3.10. The number of fused-ring (bicyclic) bond motifs is 1. The number of β-lactam (4-membered cyclic amide) rings is 1. The number of hydrogen-bond donors (Lipinski definition) is 9. The molecule has 4 heterocycles. The summed E-state index contributed by atoms with van der Waals surface area (Å²) in [5.41, 5.74) is -2.37. The maximum atomic E-state index is 13.7. The van der Waals surface area contributed by atoms with E-state index in [4.69, 9.17) is 5.14 Å². The Bertz CT molecular complexity index is 2570. The standard InChI is InChI=1S/C31H29N11O11S3/c1-41-26(48)24(46)39-40-31(41)55-12-14-11-54-27-20(25(47)42(27)21(14)28(49)50)36-23(45)19(13-2-6-16(43)7-3-13)37-30(51)35-18-10-33-29(38-22(18)44)34-15-4-8-17(9-5-15)56(32,52)53/h2-10,19-20,27,43H,11-12H2,1H3,(H,36,45)(H,39,46)(H,49,50)(H2,32,52,53)(H2,35,37,51)(H2,33,34,38,44)/t19?,20?,27-/m0/s1. The van der Waals surface area contributed by atoms with Crippen LogP contribution in [-0.4, -0.2) is 95.0 Å². The number of carbonyl (C=O) groups is 4. The number of aliphatic carboxylic acids is 1. The van der Waals surface area contributed by atoms with Crippen LogP contribution >= 0.6 is 23.5 Å². The molecule has 2 aromatic heterocycles. The lowest BCUT2D eigenvalue weighted by Gasteiger charge is -2.49. The first kappa shape index (κ1) is 39.3. The van der Waals surface area contributed by atoms with E-state index in [0.29, 0.717) is 11.3 Å². The zero-order chi connectivity index (χ0) is 40.5. The van der Waals surface area contributed by atoms with Gasteiger partial charge in [0.1, 0.15) is 34.6 Å². The molecule has 2 unspecified atom stereocenters. The maximum Gasteiger partial charge on any atom is 0.352 e. The highest BCUT2D eigenvalue weighted by atomic mass is 32.2. The molecule has 1 fully saturated rings. The number of rotatable bonds is 12. The van der Waals surface area contributed by atoms with Crippen LogP contribution in [0.5, 0.6) is 5.75 Å². The number of H-pyrrole nitrogens is 2. The van der Waals surface area contributed by atoms with Gasteiger partial charge in [-0.1, -0.05) is 23.9 Å². The van der Waals surface area contributed by atoms with Crippen molar-refractivity contribution in [2.24, 2.45) is 12.2 Å². The molecule has 25 heteroatoms. The van der Waals surface area contributed by atoms with E-state index < -0.39 is 68.0 Å². The average Bonchev–Trinajstić information content (AvgIpc) is 3.15. The van der Waals surface area contributed by atoms with Crippen LogP contribution in [0, 0.1) is 0 Å². The fourth-order valence-corrected chi connectivity index (χ4v) is 8.36. The Balaban J connectivity index is 1.13. The van der Waals surface area contributed by atoms with Crippen LogP contribution in [0.3, 0.4) is 0 Å². The predicted octanol–water partition coefficient (Wildman–Crippen LogP) is -0.958. The first-order valence-corrected chi connectivity index (χ1v) is 19.4. The number of thioether (sulfide) groups is 2. The van der Waals surface area contributed by atoms with Crippen molar-refractivity contribution in [1.82, 2.24) is 40.3 Å². The normalized spacial score (nSPS) is 17.0. The zero-order valence-corrected chi connectivity index (χ0v) is 31.0. The minimum atomic E-state index is -3.92. The first-order chi connectivity index (χ1) is 26.5. The third kappa shape index (κ3) is 8.28. The van der Waals surface area contributed by atoms with E-state index in [1.165, 1.54) is 67.3 Å². The van der Waals surface area contributed by atoms with Gasteiger partial charge >= 0.3 is 23.1 Å². The van der Waals surface area contributed by atoms with Crippen LogP contribution in [0.2, 0.25) is 0 Å². The second-order valence-corrected chi connectivity index (χ2v) is 15.5. The van der Waals surface area contributed by atoms with Crippen molar-refractivity contribution < 1.29 is 37.8 Å². The largest absolute Gasteiger partial charge is 0.508 e. The molecule has 2 aliphatic heterocycles. The van der Waals surface area contributed by atoms with Crippen molar-refractivity contribution in [3.8, 4) is 5.75 Å². The molecular weight excluding hydrogens is 799 g/mol. The third-order valence-electron chi connectivity index (χ3n) is 8.22. The number of anilines is 3. The summed E-state index contributed by atoms with van der Waals surface area (Å²) in [5, 5.41) is 40.2. The number of urea groups is 1. The number of phenolic OH excluding ortho intramolecular Hbond substituents is 1. The van der Waals surface area contributed by atoms with Gasteiger partial charge in [0.25, 0.3) is 11.5 Å². The molecule has 56 heavy (non-hydrogen) atoms. The fourth-order valence-electron chi connectivity index (χ4n) is 5.44.